The molecule has 0 aromatic heterocycles. The molecule has 2 aromatic rings. The SMILES string of the molecule is CCC(C)NC(=O)C(C)N(Cc1cccc(C)c1)C(=O)CCCN1C(=O)c2ccccc2S1(=O)=O. The van der Waals surface area contributed by atoms with Crippen LogP contribution in [0.3, 0.4) is 0 Å². The van der Waals surface area contributed by atoms with Gasteiger partial charge in [0.1, 0.15) is 10.9 Å². The molecule has 0 aliphatic carbocycles. The third-order valence-corrected chi connectivity index (χ3v) is 8.11. The molecule has 9 heteroatoms. The third-order valence-electron chi connectivity index (χ3n) is 6.27. The first-order chi connectivity index (χ1) is 16.6. The Balaban J connectivity index is 1.71. The van der Waals surface area contributed by atoms with Crippen molar-refractivity contribution in [3.05, 3.63) is 65.2 Å². The van der Waals surface area contributed by atoms with Gasteiger partial charge in [-0.2, -0.15) is 0 Å². The van der Waals surface area contributed by atoms with Gasteiger partial charge in [0.2, 0.25) is 11.8 Å². The van der Waals surface area contributed by atoms with Gasteiger partial charge >= 0.3 is 0 Å². The minimum atomic E-state index is -3.92. The summed E-state index contributed by atoms with van der Waals surface area (Å²) in [7, 11) is -3.92. The average Bonchev–Trinajstić information content (AvgIpc) is 3.02. The molecule has 1 N–H and O–H groups in total. The molecule has 3 rings (SSSR count). The van der Waals surface area contributed by atoms with E-state index in [4.69, 9.17) is 0 Å². The number of hydrogen-bond donors (Lipinski definition) is 1. The fourth-order valence-electron chi connectivity index (χ4n) is 4.03. The second kappa shape index (κ2) is 11.0. The molecule has 1 aliphatic heterocycles. The van der Waals surface area contributed by atoms with E-state index in [0.717, 1.165) is 21.9 Å². The van der Waals surface area contributed by atoms with E-state index in [2.05, 4.69) is 5.32 Å². The van der Waals surface area contributed by atoms with Crippen LogP contribution in [0.1, 0.15) is 61.5 Å². The predicted molar refractivity (Wildman–Crippen MR) is 133 cm³/mol. The normalized spacial score (nSPS) is 15.9. The third kappa shape index (κ3) is 5.90. The Morgan fingerprint density at radius 2 is 1.80 bits per heavy atom. The Morgan fingerprint density at radius 3 is 2.46 bits per heavy atom. The summed E-state index contributed by atoms with van der Waals surface area (Å²) in [5.74, 6) is -1.10. The maximum atomic E-state index is 13.3. The van der Waals surface area contributed by atoms with Gasteiger partial charge in [-0.1, -0.05) is 48.9 Å². The number of rotatable bonds is 10. The highest BCUT2D eigenvalue weighted by molar-refractivity contribution is 7.90. The number of amides is 3. The monoisotopic (exact) mass is 499 g/mol. The lowest BCUT2D eigenvalue weighted by Crippen LogP contribution is -2.49. The van der Waals surface area contributed by atoms with E-state index in [1.165, 1.54) is 17.0 Å². The van der Waals surface area contributed by atoms with Crippen LogP contribution in [0.4, 0.5) is 0 Å². The summed E-state index contributed by atoms with van der Waals surface area (Å²) in [4.78, 5) is 40.2. The van der Waals surface area contributed by atoms with Gasteiger partial charge in [-0.15, -0.1) is 0 Å². The second-order valence-electron chi connectivity index (χ2n) is 8.99. The molecule has 2 unspecified atom stereocenters. The first-order valence-corrected chi connectivity index (χ1v) is 13.3. The van der Waals surface area contributed by atoms with Gasteiger partial charge in [0.05, 0.1) is 5.56 Å². The Kier molecular flexibility index (Phi) is 8.32. The number of sulfonamides is 1. The zero-order chi connectivity index (χ0) is 25.8. The van der Waals surface area contributed by atoms with Gasteiger partial charge < -0.3 is 10.2 Å². The minimum Gasteiger partial charge on any atom is -0.352 e. The van der Waals surface area contributed by atoms with Crippen LogP contribution in [0.15, 0.2) is 53.4 Å². The maximum absolute atomic E-state index is 13.3. The standard InChI is InChI=1S/C26H33N3O5S/c1-5-19(3)27-25(31)20(4)28(17-21-11-8-10-18(2)16-21)24(30)14-9-15-29-26(32)22-12-6-7-13-23(22)35(29,33)34/h6-8,10-13,16,19-20H,5,9,14-15,17H2,1-4H3,(H,27,31). The molecule has 1 aliphatic rings. The number of nitrogens with one attached hydrogen (secondary N) is 1. The summed E-state index contributed by atoms with van der Waals surface area (Å²) in [6.45, 7) is 7.67. The first kappa shape index (κ1) is 26.4. The lowest BCUT2D eigenvalue weighted by Gasteiger charge is -2.30. The van der Waals surface area contributed by atoms with Gasteiger partial charge in [0, 0.05) is 25.6 Å². The van der Waals surface area contributed by atoms with Crippen molar-refractivity contribution >= 4 is 27.7 Å². The summed E-state index contributed by atoms with van der Waals surface area (Å²) in [5, 5.41) is 2.92. The molecule has 35 heavy (non-hydrogen) atoms. The molecule has 2 atom stereocenters. The number of nitrogens with zero attached hydrogens (tertiary/aromatic N) is 2. The topological polar surface area (TPSA) is 104 Å². The van der Waals surface area contributed by atoms with Crippen molar-refractivity contribution < 1.29 is 22.8 Å². The highest BCUT2D eigenvalue weighted by atomic mass is 32.2. The van der Waals surface area contributed by atoms with Crippen LogP contribution in [0.5, 0.6) is 0 Å². The van der Waals surface area contributed by atoms with E-state index < -0.39 is 22.0 Å². The zero-order valence-electron chi connectivity index (χ0n) is 20.7. The Morgan fingerprint density at radius 1 is 1.09 bits per heavy atom. The molecule has 3 amide bonds. The van der Waals surface area contributed by atoms with Crippen molar-refractivity contribution in [2.75, 3.05) is 6.54 Å². The number of benzene rings is 2. The van der Waals surface area contributed by atoms with Gasteiger partial charge in [0.15, 0.2) is 0 Å². The van der Waals surface area contributed by atoms with Gasteiger partial charge in [-0.25, -0.2) is 12.7 Å². The fraction of sp³-hybridized carbons (Fsp3) is 0.423. The Hall–Kier alpha value is -3.20. The quantitative estimate of drug-likeness (QED) is 0.540. The summed E-state index contributed by atoms with van der Waals surface area (Å²) in [6, 6.07) is 13.1. The van der Waals surface area contributed by atoms with Crippen molar-refractivity contribution in [1.29, 1.82) is 0 Å². The molecule has 0 spiro atoms. The molecular formula is C26H33N3O5S. The highest BCUT2D eigenvalue weighted by Crippen LogP contribution is 2.30. The Labute approximate surface area is 207 Å². The first-order valence-electron chi connectivity index (χ1n) is 11.9. The van der Waals surface area contributed by atoms with Crippen LogP contribution in [0.2, 0.25) is 0 Å². The number of hydrogen-bond acceptors (Lipinski definition) is 5. The molecule has 0 fully saturated rings. The number of carbonyl (C=O) groups is 3. The molecule has 2 aromatic carbocycles. The molecule has 188 valence electrons. The number of aryl methyl sites for hydroxylation is 1. The second-order valence-corrected chi connectivity index (χ2v) is 10.8. The van der Waals surface area contributed by atoms with Crippen LogP contribution in [0.25, 0.3) is 0 Å². The Bertz CT molecular complexity index is 1210. The van der Waals surface area contributed by atoms with E-state index >= 15 is 0 Å². The van der Waals surface area contributed by atoms with Crippen molar-refractivity contribution in [1.82, 2.24) is 14.5 Å². The summed E-state index contributed by atoms with van der Waals surface area (Å²) in [5.41, 5.74) is 2.09. The van der Waals surface area contributed by atoms with Crippen molar-refractivity contribution in [2.45, 2.75) is 70.5 Å². The van der Waals surface area contributed by atoms with Gasteiger partial charge in [-0.3, -0.25) is 14.4 Å². The zero-order valence-corrected chi connectivity index (χ0v) is 21.5. The number of carbonyl (C=O) groups excluding carboxylic acids is 3. The fourth-order valence-corrected chi connectivity index (χ4v) is 5.63. The lowest BCUT2D eigenvalue weighted by molar-refractivity contribution is -0.141. The summed E-state index contributed by atoms with van der Waals surface area (Å²) >= 11 is 0. The van der Waals surface area contributed by atoms with E-state index in [-0.39, 0.29) is 54.2 Å². The largest absolute Gasteiger partial charge is 0.352 e. The number of fused-ring (bicyclic) bond motifs is 1. The van der Waals surface area contributed by atoms with Crippen molar-refractivity contribution in [2.24, 2.45) is 0 Å². The highest BCUT2D eigenvalue weighted by Gasteiger charge is 2.40. The maximum Gasteiger partial charge on any atom is 0.269 e. The van der Waals surface area contributed by atoms with Crippen molar-refractivity contribution in [3.63, 3.8) is 0 Å². The molecule has 0 saturated heterocycles. The van der Waals surface area contributed by atoms with Crippen LogP contribution in [-0.4, -0.2) is 54.0 Å². The molecule has 8 nitrogen and oxygen atoms in total. The predicted octanol–water partition coefficient (Wildman–Crippen LogP) is 3.25. The van der Waals surface area contributed by atoms with E-state index in [1.807, 2.05) is 45.0 Å². The van der Waals surface area contributed by atoms with E-state index in [9.17, 15) is 22.8 Å². The van der Waals surface area contributed by atoms with Crippen LogP contribution >= 0.6 is 0 Å². The lowest BCUT2D eigenvalue weighted by atomic mass is 10.1. The van der Waals surface area contributed by atoms with Crippen LogP contribution < -0.4 is 5.32 Å². The van der Waals surface area contributed by atoms with Gasteiger partial charge in [-0.05, 0) is 51.3 Å². The smallest absolute Gasteiger partial charge is 0.269 e. The summed E-state index contributed by atoms with van der Waals surface area (Å²) < 4.78 is 26.4. The van der Waals surface area contributed by atoms with E-state index in [0.29, 0.717) is 0 Å². The van der Waals surface area contributed by atoms with Crippen molar-refractivity contribution in [3.8, 4) is 0 Å². The van der Waals surface area contributed by atoms with Crippen LogP contribution in [-0.2, 0) is 26.2 Å². The summed E-state index contributed by atoms with van der Waals surface area (Å²) in [6.07, 6.45) is 0.926. The van der Waals surface area contributed by atoms with Gasteiger partial charge in [0.25, 0.3) is 15.9 Å². The van der Waals surface area contributed by atoms with Crippen LogP contribution in [0, 0.1) is 6.92 Å². The molecule has 0 bridgehead atoms. The minimum absolute atomic E-state index is 0.00239. The molecule has 0 radical (unpaired) electrons. The molecule has 1 heterocycles. The average molecular weight is 500 g/mol. The molecular weight excluding hydrogens is 466 g/mol. The molecule has 0 saturated carbocycles. The van der Waals surface area contributed by atoms with E-state index in [1.54, 1.807) is 19.1 Å².